The smallest absolute Gasteiger partial charge is 0.247 e. The lowest BCUT2D eigenvalue weighted by Crippen LogP contribution is -2.49. The zero-order chi connectivity index (χ0) is 18.0. The summed E-state index contributed by atoms with van der Waals surface area (Å²) in [7, 11) is 0. The van der Waals surface area contributed by atoms with E-state index < -0.39 is 0 Å². The van der Waals surface area contributed by atoms with Crippen molar-refractivity contribution in [1.29, 1.82) is 0 Å². The van der Waals surface area contributed by atoms with E-state index >= 15 is 0 Å². The average Bonchev–Trinajstić information content (AvgIpc) is 2.93. The predicted octanol–water partition coefficient (Wildman–Crippen LogP) is 3.40. The number of hydrogen-bond acceptors (Lipinski definition) is 3. The second kappa shape index (κ2) is 7.77. The fourth-order valence-corrected chi connectivity index (χ4v) is 3.41. The van der Waals surface area contributed by atoms with Crippen LogP contribution in [0.25, 0.3) is 0 Å². The van der Waals surface area contributed by atoms with Crippen LogP contribution in [0.2, 0.25) is 10.0 Å². The van der Waals surface area contributed by atoms with Gasteiger partial charge >= 0.3 is 0 Å². The third-order valence-corrected chi connectivity index (χ3v) is 5.20. The van der Waals surface area contributed by atoms with E-state index in [0.717, 1.165) is 43.4 Å². The molecule has 1 atom stereocenters. The highest BCUT2D eigenvalue weighted by atomic mass is 35.5. The molecule has 134 valence electrons. The van der Waals surface area contributed by atoms with Crippen molar-refractivity contribution in [3.8, 4) is 0 Å². The maximum Gasteiger partial charge on any atom is 0.247 e. The minimum Gasteiger partial charge on any atom is -0.338 e. The molecule has 1 saturated heterocycles. The molecule has 0 saturated carbocycles. The van der Waals surface area contributed by atoms with Crippen molar-refractivity contribution >= 4 is 29.1 Å². The van der Waals surface area contributed by atoms with Gasteiger partial charge in [0, 0.05) is 43.9 Å². The second-order valence-corrected chi connectivity index (χ2v) is 7.29. The average molecular weight is 381 g/mol. The SMILES string of the molecule is Cc1nn(C(C)C(=O)N2CCN(Cc3cccc(Cl)c3)CC2)cc1Cl. The molecule has 1 fully saturated rings. The van der Waals surface area contributed by atoms with Gasteiger partial charge < -0.3 is 4.90 Å². The molecule has 1 aromatic heterocycles. The van der Waals surface area contributed by atoms with Gasteiger partial charge in [-0.1, -0.05) is 35.3 Å². The molecule has 3 rings (SSSR count). The van der Waals surface area contributed by atoms with Crippen molar-refractivity contribution in [2.75, 3.05) is 26.2 Å². The van der Waals surface area contributed by atoms with E-state index in [-0.39, 0.29) is 11.9 Å². The van der Waals surface area contributed by atoms with Crippen molar-refractivity contribution in [2.45, 2.75) is 26.4 Å². The highest BCUT2D eigenvalue weighted by Crippen LogP contribution is 2.19. The molecular formula is C18H22Cl2N4O. The number of aryl methyl sites for hydroxylation is 1. The lowest BCUT2D eigenvalue weighted by atomic mass is 10.2. The zero-order valence-corrected chi connectivity index (χ0v) is 16.0. The van der Waals surface area contributed by atoms with Crippen molar-refractivity contribution in [1.82, 2.24) is 19.6 Å². The Hall–Kier alpha value is -1.56. The molecule has 1 aliphatic rings. The number of carbonyl (C=O) groups is 1. The summed E-state index contributed by atoms with van der Waals surface area (Å²) in [5, 5.41) is 5.67. The molecule has 1 unspecified atom stereocenters. The van der Waals surface area contributed by atoms with Gasteiger partial charge in [0.15, 0.2) is 0 Å². The third-order valence-electron chi connectivity index (χ3n) is 4.59. The predicted molar refractivity (Wildman–Crippen MR) is 100.0 cm³/mol. The number of hydrogen-bond donors (Lipinski definition) is 0. The number of aromatic nitrogens is 2. The summed E-state index contributed by atoms with van der Waals surface area (Å²) in [5.41, 5.74) is 1.94. The Labute approximate surface area is 158 Å². The summed E-state index contributed by atoms with van der Waals surface area (Å²) < 4.78 is 1.65. The standard InChI is InChI=1S/C18H22Cl2N4O/c1-13-17(20)12-24(21-13)14(2)18(25)23-8-6-22(7-9-23)11-15-4-3-5-16(19)10-15/h3-5,10,12,14H,6-9,11H2,1-2H3. The Bertz CT molecular complexity index is 734. The zero-order valence-electron chi connectivity index (χ0n) is 14.5. The van der Waals surface area contributed by atoms with Gasteiger partial charge in [0.05, 0.1) is 10.7 Å². The number of carbonyl (C=O) groups excluding carboxylic acids is 1. The van der Waals surface area contributed by atoms with Crippen LogP contribution in [0.3, 0.4) is 0 Å². The fraction of sp³-hybridized carbons (Fsp3) is 0.444. The minimum atomic E-state index is -0.342. The van der Waals surface area contributed by atoms with Gasteiger partial charge in [0.25, 0.3) is 0 Å². The van der Waals surface area contributed by atoms with Crippen LogP contribution in [0.1, 0.15) is 24.2 Å². The monoisotopic (exact) mass is 380 g/mol. The number of nitrogens with zero attached hydrogens (tertiary/aromatic N) is 4. The van der Waals surface area contributed by atoms with Crippen LogP contribution < -0.4 is 0 Å². The van der Waals surface area contributed by atoms with E-state index in [9.17, 15) is 4.79 Å². The van der Waals surface area contributed by atoms with E-state index in [2.05, 4.69) is 16.1 Å². The molecule has 25 heavy (non-hydrogen) atoms. The molecule has 1 amide bonds. The summed E-state index contributed by atoms with van der Waals surface area (Å²) in [6, 6.07) is 7.58. The van der Waals surface area contributed by atoms with Crippen LogP contribution in [0.4, 0.5) is 0 Å². The van der Waals surface area contributed by atoms with E-state index in [0.29, 0.717) is 5.02 Å². The number of halogens is 2. The largest absolute Gasteiger partial charge is 0.338 e. The summed E-state index contributed by atoms with van der Waals surface area (Å²) in [6.45, 7) is 7.70. The van der Waals surface area contributed by atoms with Gasteiger partial charge in [-0.25, -0.2) is 0 Å². The van der Waals surface area contributed by atoms with Crippen molar-refractivity contribution in [3.63, 3.8) is 0 Å². The van der Waals surface area contributed by atoms with Crippen LogP contribution >= 0.6 is 23.2 Å². The molecule has 2 heterocycles. The van der Waals surface area contributed by atoms with Crippen molar-refractivity contribution in [3.05, 3.63) is 51.8 Å². The molecule has 0 spiro atoms. The van der Waals surface area contributed by atoms with Crippen LogP contribution in [0, 0.1) is 6.92 Å². The first kappa shape index (κ1) is 18.2. The number of piperazine rings is 1. The van der Waals surface area contributed by atoms with Gasteiger partial charge in [-0.05, 0) is 31.5 Å². The third kappa shape index (κ3) is 4.35. The molecule has 1 aromatic carbocycles. The van der Waals surface area contributed by atoms with E-state index in [1.54, 1.807) is 10.9 Å². The van der Waals surface area contributed by atoms with E-state index in [1.807, 2.05) is 36.9 Å². The van der Waals surface area contributed by atoms with E-state index in [4.69, 9.17) is 23.2 Å². The Kier molecular flexibility index (Phi) is 5.67. The summed E-state index contributed by atoms with van der Waals surface area (Å²) >= 11 is 12.1. The maximum absolute atomic E-state index is 12.7. The number of amides is 1. The van der Waals surface area contributed by atoms with Gasteiger partial charge in [-0.15, -0.1) is 0 Å². The lowest BCUT2D eigenvalue weighted by molar-refractivity contribution is -0.136. The van der Waals surface area contributed by atoms with Gasteiger partial charge in [-0.2, -0.15) is 5.10 Å². The first-order valence-corrected chi connectivity index (χ1v) is 9.16. The van der Waals surface area contributed by atoms with Crippen LogP contribution in [0.15, 0.2) is 30.5 Å². The Morgan fingerprint density at radius 2 is 1.96 bits per heavy atom. The van der Waals surface area contributed by atoms with E-state index in [1.165, 1.54) is 5.56 Å². The highest BCUT2D eigenvalue weighted by Gasteiger charge is 2.26. The Morgan fingerprint density at radius 1 is 1.24 bits per heavy atom. The number of benzene rings is 1. The Balaban J connectivity index is 1.55. The molecule has 0 radical (unpaired) electrons. The maximum atomic E-state index is 12.7. The van der Waals surface area contributed by atoms with Gasteiger partial charge in [-0.3, -0.25) is 14.4 Å². The first-order chi connectivity index (χ1) is 11.9. The molecule has 0 N–H and O–H groups in total. The molecule has 2 aromatic rings. The fourth-order valence-electron chi connectivity index (χ4n) is 3.06. The van der Waals surface area contributed by atoms with Gasteiger partial charge in [0.1, 0.15) is 6.04 Å². The summed E-state index contributed by atoms with van der Waals surface area (Å²) in [5.74, 6) is 0.0848. The number of rotatable bonds is 4. The highest BCUT2D eigenvalue weighted by molar-refractivity contribution is 6.31. The molecule has 1 aliphatic heterocycles. The molecule has 7 heteroatoms. The lowest BCUT2D eigenvalue weighted by Gasteiger charge is -2.36. The Morgan fingerprint density at radius 3 is 2.56 bits per heavy atom. The molecular weight excluding hydrogens is 359 g/mol. The first-order valence-electron chi connectivity index (χ1n) is 8.41. The van der Waals surface area contributed by atoms with Gasteiger partial charge in [0.2, 0.25) is 5.91 Å². The summed E-state index contributed by atoms with van der Waals surface area (Å²) in [4.78, 5) is 17.0. The molecule has 0 aliphatic carbocycles. The molecule has 0 bridgehead atoms. The summed E-state index contributed by atoms with van der Waals surface area (Å²) in [6.07, 6.45) is 1.72. The van der Waals surface area contributed by atoms with Crippen LogP contribution in [-0.2, 0) is 11.3 Å². The van der Waals surface area contributed by atoms with Crippen molar-refractivity contribution in [2.24, 2.45) is 0 Å². The minimum absolute atomic E-state index is 0.0848. The van der Waals surface area contributed by atoms with Crippen LogP contribution in [0.5, 0.6) is 0 Å². The second-order valence-electron chi connectivity index (χ2n) is 6.45. The van der Waals surface area contributed by atoms with Crippen LogP contribution in [-0.4, -0.2) is 51.7 Å². The molecule has 5 nitrogen and oxygen atoms in total. The normalized spacial score (nSPS) is 16.9. The van der Waals surface area contributed by atoms with Crippen molar-refractivity contribution < 1.29 is 4.79 Å². The topological polar surface area (TPSA) is 41.4 Å². The quantitative estimate of drug-likeness (QED) is 0.815.